The number of benzene rings is 2. The molecule has 9 heteroatoms. The van der Waals surface area contributed by atoms with Crippen molar-refractivity contribution in [3.8, 4) is 0 Å². The van der Waals surface area contributed by atoms with Crippen molar-refractivity contribution in [1.29, 1.82) is 0 Å². The molecule has 1 atom stereocenters. The van der Waals surface area contributed by atoms with Gasteiger partial charge in [0, 0.05) is 36.2 Å². The Morgan fingerprint density at radius 1 is 1.07 bits per heavy atom. The number of fused-ring (bicyclic) bond motifs is 1. The molecule has 8 nitrogen and oxygen atoms in total. The second kappa shape index (κ2) is 11.9. The first-order valence-corrected chi connectivity index (χ1v) is 14.8. The van der Waals surface area contributed by atoms with E-state index in [1.165, 1.54) is 24.3 Å². The van der Waals surface area contributed by atoms with E-state index >= 15 is 0 Å². The van der Waals surface area contributed by atoms with E-state index in [4.69, 9.17) is 4.98 Å². The Morgan fingerprint density at radius 2 is 1.78 bits per heavy atom. The molecule has 0 radical (unpaired) electrons. The van der Waals surface area contributed by atoms with Gasteiger partial charge in [0.2, 0.25) is 11.9 Å². The van der Waals surface area contributed by atoms with E-state index in [9.17, 15) is 19.1 Å². The summed E-state index contributed by atoms with van der Waals surface area (Å²) in [5.74, 6) is -0.211. The Hall–Kier alpha value is -3.30. The van der Waals surface area contributed by atoms with E-state index in [1.807, 2.05) is 33.8 Å². The first-order chi connectivity index (χ1) is 19.5. The van der Waals surface area contributed by atoms with Gasteiger partial charge in [0.1, 0.15) is 5.82 Å². The lowest BCUT2D eigenvalue weighted by atomic mass is 9.85. The van der Waals surface area contributed by atoms with Gasteiger partial charge in [-0.3, -0.25) is 19.8 Å². The summed E-state index contributed by atoms with van der Waals surface area (Å²) in [5.41, 5.74) is 2.41. The molecule has 1 unspecified atom stereocenters. The van der Waals surface area contributed by atoms with Crippen molar-refractivity contribution in [2.75, 3.05) is 11.9 Å². The Kier molecular flexibility index (Phi) is 8.47. The summed E-state index contributed by atoms with van der Waals surface area (Å²) in [6.45, 7) is 9.36. The van der Waals surface area contributed by atoms with Crippen molar-refractivity contribution in [3.05, 3.63) is 59.4 Å². The molecule has 1 saturated heterocycles. The average Bonchev–Trinajstić information content (AvgIpc) is 3.53. The van der Waals surface area contributed by atoms with Crippen LogP contribution in [0.15, 0.2) is 42.5 Å². The number of aliphatic hydroxyl groups is 1. The maximum atomic E-state index is 13.5. The van der Waals surface area contributed by atoms with Crippen molar-refractivity contribution in [1.82, 2.24) is 19.8 Å². The first kappa shape index (κ1) is 29.2. The minimum atomic E-state index is -0.777. The fraction of sp³-hybridized carbons (Fsp3) is 0.531. The quantitative estimate of drug-likeness (QED) is 0.340. The zero-order chi connectivity index (χ0) is 29.3. The topological polar surface area (TPSA) is 99.5 Å². The molecule has 1 saturated carbocycles. The number of halogens is 1. The molecular weight excluding hydrogens is 521 g/mol. The van der Waals surface area contributed by atoms with Crippen LogP contribution in [0.3, 0.4) is 0 Å². The Balaban J connectivity index is 1.44. The van der Waals surface area contributed by atoms with Crippen LogP contribution in [-0.4, -0.2) is 55.6 Å². The van der Waals surface area contributed by atoms with E-state index < -0.39 is 11.4 Å². The maximum absolute atomic E-state index is 13.5. The van der Waals surface area contributed by atoms with Crippen LogP contribution in [-0.2, 0) is 11.3 Å². The molecule has 2 aromatic carbocycles. The highest BCUT2D eigenvalue weighted by Crippen LogP contribution is 2.38. The summed E-state index contributed by atoms with van der Waals surface area (Å²) in [5, 5.41) is 16.7. The van der Waals surface area contributed by atoms with Crippen molar-refractivity contribution in [2.24, 2.45) is 5.92 Å². The van der Waals surface area contributed by atoms with Gasteiger partial charge < -0.3 is 15.0 Å². The van der Waals surface area contributed by atoms with E-state index in [-0.39, 0.29) is 35.9 Å². The fourth-order valence-electron chi connectivity index (χ4n) is 6.52. The first-order valence-electron chi connectivity index (χ1n) is 14.8. The zero-order valence-electron chi connectivity index (χ0n) is 24.5. The molecule has 2 heterocycles. The standard InChI is InChI=1S/C32H42FN5O3/c1-20(2)34-29(39)23-10-14-25(15-11-23)38-27-18-21(19-37-17-5-6-28(37)32(3,4)41)7-16-26(27)35-31(38)36-30(40)22-8-12-24(33)13-9-22/h7-9,12-13,16,18,20,23,25,28,41H,5-6,10-11,14-15,17,19H2,1-4H3,(H,34,39)(H,35,36,40). The molecule has 1 aliphatic carbocycles. The molecule has 1 aliphatic heterocycles. The third-order valence-electron chi connectivity index (χ3n) is 8.51. The Bertz CT molecular complexity index is 1390. The van der Waals surface area contributed by atoms with Gasteiger partial charge in [-0.15, -0.1) is 0 Å². The normalized spacial score (nSPS) is 21.9. The van der Waals surface area contributed by atoms with Gasteiger partial charge in [-0.05, 0) is 115 Å². The summed E-state index contributed by atoms with van der Waals surface area (Å²) in [6, 6.07) is 11.9. The van der Waals surface area contributed by atoms with Gasteiger partial charge >= 0.3 is 0 Å². The van der Waals surface area contributed by atoms with Crippen LogP contribution in [0.2, 0.25) is 0 Å². The van der Waals surface area contributed by atoms with Gasteiger partial charge in [-0.25, -0.2) is 9.37 Å². The van der Waals surface area contributed by atoms with E-state index in [1.54, 1.807) is 0 Å². The van der Waals surface area contributed by atoms with Crippen LogP contribution < -0.4 is 10.6 Å². The number of anilines is 1. The van der Waals surface area contributed by atoms with Gasteiger partial charge in [0.05, 0.1) is 16.6 Å². The van der Waals surface area contributed by atoms with Gasteiger partial charge in [-0.1, -0.05) is 6.07 Å². The third-order valence-corrected chi connectivity index (χ3v) is 8.51. The monoisotopic (exact) mass is 563 g/mol. The molecule has 2 amide bonds. The molecule has 3 N–H and O–H groups in total. The van der Waals surface area contributed by atoms with E-state index in [0.29, 0.717) is 11.5 Å². The van der Waals surface area contributed by atoms with E-state index in [2.05, 4.69) is 32.2 Å². The van der Waals surface area contributed by atoms with Crippen LogP contribution in [0.1, 0.15) is 88.2 Å². The number of aromatic nitrogens is 2. The largest absolute Gasteiger partial charge is 0.389 e. The van der Waals surface area contributed by atoms with Crippen LogP contribution in [0, 0.1) is 11.7 Å². The SMILES string of the molecule is CC(C)NC(=O)C1CCC(n2c(NC(=O)c3ccc(F)cc3)nc3ccc(CN4CCCC4C(C)(C)O)cc32)CC1. The second-order valence-corrected chi connectivity index (χ2v) is 12.5. The van der Waals surface area contributed by atoms with Gasteiger partial charge in [0.25, 0.3) is 5.91 Å². The third kappa shape index (κ3) is 6.62. The number of rotatable bonds is 8. The number of carbonyl (C=O) groups excluding carboxylic acids is 2. The summed E-state index contributed by atoms with van der Waals surface area (Å²) < 4.78 is 15.6. The van der Waals surface area contributed by atoms with Crippen LogP contribution in [0.4, 0.5) is 10.3 Å². The van der Waals surface area contributed by atoms with Gasteiger partial charge in [0.15, 0.2) is 0 Å². The predicted molar refractivity (Wildman–Crippen MR) is 158 cm³/mol. The van der Waals surface area contributed by atoms with Gasteiger partial charge in [-0.2, -0.15) is 0 Å². The molecule has 0 bridgehead atoms. The van der Waals surface area contributed by atoms with Crippen molar-refractivity contribution < 1.29 is 19.1 Å². The van der Waals surface area contributed by atoms with Crippen LogP contribution in [0.25, 0.3) is 11.0 Å². The van der Waals surface area contributed by atoms with Crippen molar-refractivity contribution in [2.45, 2.75) is 96.5 Å². The van der Waals surface area contributed by atoms with Crippen LogP contribution >= 0.6 is 0 Å². The minimum absolute atomic E-state index is 0.0230. The number of hydrogen-bond donors (Lipinski definition) is 3. The lowest BCUT2D eigenvalue weighted by Gasteiger charge is -2.34. The Labute approximate surface area is 241 Å². The zero-order valence-corrected chi connectivity index (χ0v) is 24.5. The van der Waals surface area contributed by atoms with E-state index in [0.717, 1.165) is 68.2 Å². The highest BCUT2D eigenvalue weighted by atomic mass is 19.1. The number of likely N-dealkylation sites (tertiary alicyclic amines) is 1. The molecular formula is C32H42FN5O3. The smallest absolute Gasteiger partial charge is 0.257 e. The summed E-state index contributed by atoms with van der Waals surface area (Å²) >= 11 is 0. The number of imidazole rings is 1. The molecule has 220 valence electrons. The van der Waals surface area contributed by atoms with Crippen molar-refractivity contribution in [3.63, 3.8) is 0 Å². The molecule has 1 aromatic heterocycles. The molecule has 5 rings (SSSR count). The number of hydrogen-bond acceptors (Lipinski definition) is 5. The number of carbonyl (C=O) groups is 2. The van der Waals surface area contributed by atoms with Crippen LogP contribution in [0.5, 0.6) is 0 Å². The minimum Gasteiger partial charge on any atom is -0.389 e. The predicted octanol–water partition coefficient (Wildman–Crippen LogP) is 5.42. The van der Waals surface area contributed by atoms with Crippen molar-refractivity contribution >= 4 is 28.8 Å². The maximum Gasteiger partial charge on any atom is 0.257 e. The molecule has 2 fully saturated rings. The Morgan fingerprint density at radius 3 is 2.44 bits per heavy atom. The fourth-order valence-corrected chi connectivity index (χ4v) is 6.52. The second-order valence-electron chi connectivity index (χ2n) is 12.5. The number of amides is 2. The lowest BCUT2D eigenvalue weighted by molar-refractivity contribution is -0.126. The molecule has 0 spiro atoms. The molecule has 3 aromatic rings. The molecule has 41 heavy (non-hydrogen) atoms. The highest BCUT2D eigenvalue weighted by Gasteiger charge is 2.36. The summed E-state index contributed by atoms with van der Waals surface area (Å²) in [6.07, 6.45) is 5.12. The molecule has 2 aliphatic rings. The number of nitrogens with one attached hydrogen (secondary N) is 2. The number of nitrogens with zero attached hydrogens (tertiary/aromatic N) is 3. The summed E-state index contributed by atoms with van der Waals surface area (Å²) in [4.78, 5) is 33.0. The lowest BCUT2D eigenvalue weighted by Crippen LogP contribution is -2.45. The average molecular weight is 564 g/mol. The highest BCUT2D eigenvalue weighted by molar-refractivity contribution is 6.04. The summed E-state index contributed by atoms with van der Waals surface area (Å²) in [7, 11) is 0.